The van der Waals surface area contributed by atoms with E-state index in [2.05, 4.69) is 32.0 Å². The van der Waals surface area contributed by atoms with E-state index < -0.39 is 0 Å². The van der Waals surface area contributed by atoms with Crippen molar-refractivity contribution in [1.82, 2.24) is 24.9 Å². The molecule has 0 spiro atoms. The molecule has 0 aliphatic carbocycles. The van der Waals surface area contributed by atoms with Crippen molar-refractivity contribution in [2.45, 2.75) is 38.1 Å². The minimum atomic E-state index is 0.623. The largest absolute Gasteiger partial charge is 0.379 e. The standard InChI is InChI=1S/C20H39N5OS/c1-22-11-13-24(14-12-22)10-6-19-5-2-3-9-25(19)20(27)21-7-4-8-23-15-17-26-18-16-23/h19H,2-18H2,1H3,(H,21,27). The molecular formula is C20H39N5OS. The SMILES string of the molecule is CN1CCN(CCC2CCCCN2C(=S)NCCCN2CCOCC2)CC1. The smallest absolute Gasteiger partial charge is 0.169 e. The van der Waals surface area contributed by atoms with Gasteiger partial charge >= 0.3 is 0 Å². The average Bonchev–Trinajstić information content (AvgIpc) is 2.71. The fraction of sp³-hybridized carbons (Fsp3) is 0.950. The fourth-order valence-corrected chi connectivity index (χ4v) is 4.74. The van der Waals surface area contributed by atoms with Gasteiger partial charge in [-0.1, -0.05) is 0 Å². The molecule has 3 saturated heterocycles. The van der Waals surface area contributed by atoms with Crippen LogP contribution >= 0.6 is 12.2 Å². The summed E-state index contributed by atoms with van der Waals surface area (Å²) in [5.74, 6) is 0. The highest BCUT2D eigenvalue weighted by molar-refractivity contribution is 7.80. The van der Waals surface area contributed by atoms with E-state index in [0.717, 1.165) is 57.5 Å². The lowest BCUT2D eigenvalue weighted by molar-refractivity contribution is 0.0375. The molecule has 1 atom stereocenters. The van der Waals surface area contributed by atoms with Gasteiger partial charge in [-0.15, -0.1) is 0 Å². The van der Waals surface area contributed by atoms with E-state index in [4.69, 9.17) is 17.0 Å². The lowest BCUT2D eigenvalue weighted by atomic mass is 9.99. The van der Waals surface area contributed by atoms with Crippen molar-refractivity contribution in [3.8, 4) is 0 Å². The quantitative estimate of drug-likeness (QED) is 0.508. The van der Waals surface area contributed by atoms with Gasteiger partial charge in [-0.2, -0.15) is 0 Å². The molecule has 0 bridgehead atoms. The van der Waals surface area contributed by atoms with Crippen molar-refractivity contribution in [1.29, 1.82) is 0 Å². The van der Waals surface area contributed by atoms with Gasteiger partial charge in [-0.3, -0.25) is 4.90 Å². The van der Waals surface area contributed by atoms with Crippen LogP contribution in [0.15, 0.2) is 0 Å². The van der Waals surface area contributed by atoms with Crippen LogP contribution in [0.25, 0.3) is 0 Å². The van der Waals surface area contributed by atoms with Crippen molar-refractivity contribution >= 4 is 17.3 Å². The second kappa shape index (κ2) is 11.5. The number of nitrogens with one attached hydrogen (secondary N) is 1. The van der Waals surface area contributed by atoms with E-state index in [9.17, 15) is 0 Å². The Bertz CT molecular complexity index is 438. The van der Waals surface area contributed by atoms with E-state index in [1.54, 1.807) is 0 Å². The van der Waals surface area contributed by atoms with Gasteiger partial charge < -0.3 is 24.8 Å². The first kappa shape index (κ1) is 21.2. The Balaban J connectivity index is 1.34. The summed E-state index contributed by atoms with van der Waals surface area (Å²) in [7, 11) is 2.23. The first-order valence-electron chi connectivity index (χ1n) is 11.0. The van der Waals surface area contributed by atoms with Crippen LogP contribution in [0.3, 0.4) is 0 Å². The number of piperazine rings is 1. The van der Waals surface area contributed by atoms with Gasteiger partial charge in [0, 0.05) is 64.9 Å². The number of thiocarbonyl (C=S) groups is 1. The molecule has 0 aromatic carbocycles. The van der Waals surface area contributed by atoms with Crippen LogP contribution in [-0.4, -0.2) is 116 Å². The zero-order valence-corrected chi connectivity index (χ0v) is 18.0. The topological polar surface area (TPSA) is 34.2 Å². The maximum atomic E-state index is 5.77. The molecule has 156 valence electrons. The summed E-state index contributed by atoms with van der Waals surface area (Å²) in [5.41, 5.74) is 0. The first-order valence-corrected chi connectivity index (χ1v) is 11.4. The third-order valence-electron chi connectivity index (χ3n) is 6.29. The molecule has 3 rings (SSSR count). The third-order valence-corrected chi connectivity index (χ3v) is 6.67. The minimum absolute atomic E-state index is 0.623. The molecule has 0 radical (unpaired) electrons. The molecule has 7 heteroatoms. The van der Waals surface area contributed by atoms with E-state index in [1.165, 1.54) is 58.4 Å². The molecule has 3 heterocycles. The maximum absolute atomic E-state index is 5.77. The van der Waals surface area contributed by atoms with Gasteiger partial charge in [0.25, 0.3) is 0 Å². The molecule has 3 fully saturated rings. The average molecular weight is 398 g/mol. The maximum Gasteiger partial charge on any atom is 0.169 e. The van der Waals surface area contributed by atoms with Crippen molar-refractivity contribution < 1.29 is 4.74 Å². The van der Waals surface area contributed by atoms with Gasteiger partial charge in [-0.05, 0) is 57.9 Å². The summed E-state index contributed by atoms with van der Waals surface area (Å²) in [4.78, 5) is 10.0. The summed E-state index contributed by atoms with van der Waals surface area (Å²) in [6.07, 6.45) is 6.33. The number of hydrogen-bond acceptors (Lipinski definition) is 5. The number of likely N-dealkylation sites (tertiary alicyclic amines) is 1. The molecular weight excluding hydrogens is 358 g/mol. The fourth-order valence-electron chi connectivity index (χ4n) is 4.40. The summed E-state index contributed by atoms with van der Waals surface area (Å²) >= 11 is 5.77. The van der Waals surface area contributed by atoms with Gasteiger partial charge in [0.1, 0.15) is 0 Å². The van der Waals surface area contributed by atoms with E-state index >= 15 is 0 Å². The Morgan fingerprint density at radius 3 is 2.48 bits per heavy atom. The van der Waals surface area contributed by atoms with Gasteiger partial charge in [-0.25, -0.2) is 0 Å². The lowest BCUT2D eigenvalue weighted by Gasteiger charge is -2.40. The number of ether oxygens (including phenoxy) is 1. The monoisotopic (exact) mass is 397 g/mol. The zero-order valence-electron chi connectivity index (χ0n) is 17.2. The highest BCUT2D eigenvalue weighted by Gasteiger charge is 2.25. The predicted octanol–water partition coefficient (Wildman–Crippen LogP) is 1.08. The Labute approximate surface area is 171 Å². The van der Waals surface area contributed by atoms with Crippen LogP contribution in [0.2, 0.25) is 0 Å². The molecule has 6 nitrogen and oxygen atoms in total. The Kier molecular flexibility index (Phi) is 9.06. The number of nitrogens with zero attached hydrogens (tertiary/aromatic N) is 4. The first-order chi connectivity index (χ1) is 13.2. The Hall–Kier alpha value is -0.470. The summed E-state index contributed by atoms with van der Waals surface area (Å²) in [5, 5.41) is 4.53. The second-order valence-electron chi connectivity index (χ2n) is 8.32. The van der Waals surface area contributed by atoms with Crippen LogP contribution in [0.5, 0.6) is 0 Å². The molecule has 0 saturated carbocycles. The lowest BCUT2D eigenvalue weighted by Crippen LogP contribution is -2.51. The van der Waals surface area contributed by atoms with Crippen molar-refractivity contribution in [2.24, 2.45) is 0 Å². The van der Waals surface area contributed by atoms with E-state index in [-0.39, 0.29) is 0 Å². The Morgan fingerprint density at radius 1 is 0.963 bits per heavy atom. The number of rotatable bonds is 7. The van der Waals surface area contributed by atoms with Crippen LogP contribution in [0, 0.1) is 0 Å². The van der Waals surface area contributed by atoms with Gasteiger partial charge in [0.05, 0.1) is 13.2 Å². The van der Waals surface area contributed by atoms with Crippen LogP contribution in [0.4, 0.5) is 0 Å². The van der Waals surface area contributed by atoms with Crippen LogP contribution in [-0.2, 0) is 4.74 Å². The van der Waals surface area contributed by atoms with Gasteiger partial charge in [0.15, 0.2) is 5.11 Å². The second-order valence-corrected chi connectivity index (χ2v) is 8.70. The number of piperidine rings is 1. The summed E-state index contributed by atoms with van der Waals surface area (Å²) in [6.45, 7) is 13.2. The third kappa shape index (κ3) is 7.13. The molecule has 1 N–H and O–H groups in total. The molecule has 27 heavy (non-hydrogen) atoms. The van der Waals surface area contributed by atoms with Crippen LogP contribution < -0.4 is 5.32 Å². The normalized spacial score (nSPS) is 26.3. The number of morpholine rings is 1. The van der Waals surface area contributed by atoms with Gasteiger partial charge in [0.2, 0.25) is 0 Å². The number of hydrogen-bond donors (Lipinski definition) is 1. The zero-order chi connectivity index (χ0) is 18.9. The molecule has 3 aliphatic rings. The summed E-state index contributed by atoms with van der Waals surface area (Å²) in [6, 6.07) is 0.623. The van der Waals surface area contributed by atoms with E-state index in [0.29, 0.717) is 6.04 Å². The number of likely N-dealkylation sites (N-methyl/N-ethyl adjacent to an activating group) is 1. The highest BCUT2D eigenvalue weighted by atomic mass is 32.1. The molecule has 0 aromatic rings. The van der Waals surface area contributed by atoms with E-state index in [1.807, 2.05) is 0 Å². The molecule has 0 aromatic heterocycles. The summed E-state index contributed by atoms with van der Waals surface area (Å²) < 4.78 is 5.42. The van der Waals surface area contributed by atoms with Crippen molar-refractivity contribution in [3.63, 3.8) is 0 Å². The molecule has 1 unspecified atom stereocenters. The predicted molar refractivity (Wildman–Crippen MR) is 115 cm³/mol. The Morgan fingerprint density at radius 2 is 1.70 bits per heavy atom. The molecule has 0 amide bonds. The van der Waals surface area contributed by atoms with Crippen LogP contribution in [0.1, 0.15) is 32.1 Å². The minimum Gasteiger partial charge on any atom is -0.379 e. The highest BCUT2D eigenvalue weighted by Crippen LogP contribution is 2.20. The molecule has 3 aliphatic heterocycles. The van der Waals surface area contributed by atoms with Crippen molar-refractivity contribution in [3.05, 3.63) is 0 Å². The van der Waals surface area contributed by atoms with Crippen molar-refractivity contribution in [2.75, 3.05) is 85.7 Å².